The number of aliphatic hydroxyl groups excluding tert-OH is 2. The van der Waals surface area contributed by atoms with Gasteiger partial charge in [-0.1, -0.05) is 6.07 Å². The summed E-state index contributed by atoms with van der Waals surface area (Å²) in [6.07, 6.45) is -6.40. The van der Waals surface area contributed by atoms with Crippen molar-refractivity contribution in [2.24, 2.45) is 0 Å². The van der Waals surface area contributed by atoms with Gasteiger partial charge in [-0.3, -0.25) is 0 Å². The number of anilines is 1. The highest BCUT2D eigenvalue weighted by Gasteiger charge is 2.34. The zero-order chi connectivity index (χ0) is 12.6. The first kappa shape index (κ1) is 12.1. The predicted molar refractivity (Wildman–Crippen MR) is 53.5 cm³/mol. The van der Waals surface area contributed by atoms with Gasteiger partial charge < -0.3 is 15.1 Å². The van der Waals surface area contributed by atoms with E-state index in [9.17, 15) is 23.4 Å². The van der Waals surface area contributed by atoms with Crippen LogP contribution in [0.5, 0.6) is 0 Å². The summed E-state index contributed by atoms with van der Waals surface area (Å²) in [4.78, 5) is 4.89. The fourth-order valence-electron chi connectivity index (χ4n) is 1.71. The van der Waals surface area contributed by atoms with Crippen LogP contribution >= 0.6 is 0 Å². The van der Waals surface area contributed by atoms with E-state index in [0.29, 0.717) is 0 Å². The number of alkyl halides is 3. The van der Waals surface area contributed by atoms with Gasteiger partial charge in [-0.2, -0.15) is 13.2 Å². The molecule has 2 atom stereocenters. The fourth-order valence-corrected chi connectivity index (χ4v) is 1.71. The van der Waals surface area contributed by atoms with Gasteiger partial charge in [0, 0.05) is 13.1 Å². The van der Waals surface area contributed by atoms with Gasteiger partial charge in [-0.15, -0.1) is 0 Å². The highest BCUT2D eigenvalue weighted by Crippen LogP contribution is 2.29. The van der Waals surface area contributed by atoms with Crippen molar-refractivity contribution in [2.45, 2.75) is 18.4 Å². The molecule has 1 aromatic heterocycles. The number of pyridine rings is 1. The minimum atomic E-state index is -4.49. The lowest BCUT2D eigenvalue weighted by atomic mass is 10.3. The molecular formula is C10H11F3N2O2. The monoisotopic (exact) mass is 248 g/mol. The first-order valence-corrected chi connectivity index (χ1v) is 5.03. The van der Waals surface area contributed by atoms with Gasteiger partial charge in [0.05, 0.1) is 12.2 Å². The van der Waals surface area contributed by atoms with E-state index in [1.54, 1.807) is 0 Å². The largest absolute Gasteiger partial charge is 0.433 e. The number of aliphatic hydroxyl groups is 2. The molecule has 2 heterocycles. The van der Waals surface area contributed by atoms with Crippen molar-refractivity contribution in [3.05, 3.63) is 23.9 Å². The lowest BCUT2D eigenvalue weighted by Gasteiger charge is -2.17. The van der Waals surface area contributed by atoms with E-state index in [2.05, 4.69) is 4.98 Å². The summed E-state index contributed by atoms with van der Waals surface area (Å²) in [6.45, 7) is 0.158. The van der Waals surface area contributed by atoms with E-state index in [4.69, 9.17) is 0 Å². The van der Waals surface area contributed by atoms with Crippen LogP contribution in [-0.2, 0) is 6.18 Å². The van der Waals surface area contributed by atoms with Crippen LogP contribution < -0.4 is 4.90 Å². The summed E-state index contributed by atoms with van der Waals surface area (Å²) in [7, 11) is 0. The topological polar surface area (TPSA) is 56.6 Å². The Balaban J connectivity index is 2.23. The standard InChI is InChI=1S/C10H11F3N2O2/c11-10(12,13)8-2-1-3-9(14-8)15-4-6(16)7(17)5-15/h1-3,6-7,16-17H,4-5H2. The molecule has 4 nitrogen and oxygen atoms in total. The lowest BCUT2D eigenvalue weighted by molar-refractivity contribution is -0.141. The van der Waals surface area contributed by atoms with Gasteiger partial charge in [0.1, 0.15) is 11.5 Å². The SMILES string of the molecule is OC1CN(c2cccc(C(F)(F)F)n2)CC1O. The predicted octanol–water partition coefficient (Wildman–Crippen LogP) is 0.642. The zero-order valence-electron chi connectivity index (χ0n) is 8.72. The first-order chi connectivity index (χ1) is 7.88. The maximum Gasteiger partial charge on any atom is 0.433 e. The van der Waals surface area contributed by atoms with Crippen LogP contribution in [0.15, 0.2) is 18.2 Å². The molecule has 2 rings (SSSR count). The smallest absolute Gasteiger partial charge is 0.389 e. The van der Waals surface area contributed by atoms with E-state index >= 15 is 0 Å². The van der Waals surface area contributed by atoms with Crippen molar-refractivity contribution < 1.29 is 23.4 Å². The van der Waals surface area contributed by atoms with Gasteiger partial charge in [-0.05, 0) is 12.1 Å². The fraction of sp³-hybridized carbons (Fsp3) is 0.500. The highest BCUT2D eigenvalue weighted by atomic mass is 19.4. The summed E-state index contributed by atoms with van der Waals surface area (Å²) in [6, 6.07) is 3.55. The summed E-state index contributed by atoms with van der Waals surface area (Å²) >= 11 is 0. The first-order valence-electron chi connectivity index (χ1n) is 5.03. The Hall–Kier alpha value is -1.34. The minimum Gasteiger partial charge on any atom is -0.389 e. The molecule has 0 aromatic carbocycles. The highest BCUT2D eigenvalue weighted by molar-refractivity contribution is 5.41. The molecule has 1 aliphatic rings. The van der Waals surface area contributed by atoms with Gasteiger partial charge >= 0.3 is 6.18 Å². The number of β-amino-alcohol motifs (C(OH)–C–C–N with tert-alkyl or cyclic N) is 2. The quantitative estimate of drug-likeness (QED) is 0.766. The second-order valence-corrected chi connectivity index (χ2v) is 3.92. The molecule has 0 aliphatic carbocycles. The number of hydrogen-bond donors (Lipinski definition) is 2. The molecule has 0 amide bonds. The Morgan fingerprint density at radius 1 is 1.18 bits per heavy atom. The summed E-state index contributed by atoms with van der Waals surface area (Å²) in [5, 5.41) is 18.6. The summed E-state index contributed by atoms with van der Waals surface area (Å²) in [5.74, 6) is 0.107. The molecule has 0 saturated carbocycles. The van der Waals surface area contributed by atoms with E-state index in [-0.39, 0.29) is 18.9 Å². The Kier molecular flexibility index (Phi) is 2.96. The molecule has 1 aliphatic heterocycles. The van der Waals surface area contributed by atoms with Crippen LogP contribution in [0.25, 0.3) is 0 Å². The lowest BCUT2D eigenvalue weighted by Crippen LogP contribution is -2.23. The maximum absolute atomic E-state index is 12.4. The van der Waals surface area contributed by atoms with E-state index in [1.165, 1.54) is 17.0 Å². The van der Waals surface area contributed by atoms with Crippen molar-refractivity contribution in [3.8, 4) is 0 Å². The van der Waals surface area contributed by atoms with Gasteiger partial charge in [0.25, 0.3) is 0 Å². The Morgan fingerprint density at radius 2 is 1.76 bits per heavy atom. The Labute approximate surface area is 95.3 Å². The Bertz CT molecular complexity index is 401. The molecule has 2 N–H and O–H groups in total. The molecule has 0 spiro atoms. The number of nitrogens with zero attached hydrogens (tertiary/aromatic N) is 2. The normalized spacial score (nSPS) is 25.4. The van der Waals surface area contributed by atoms with Crippen molar-refractivity contribution >= 4 is 5.82 Å². The third kappa shape index (κ3) is 2.50. The maximum atomic E-state index is 12.4. The molecule has 1 saturated heterocycles. The van der Waals surface area contributed by atoms with E-state index in [1.807, 2.05) is 0 Å². The second-order valence-electron chi connectivity index (χ2n) is 3.92. The zero-order valence-corrected chi connectivity index (χ0v) is 8.72. The number of hydrogen-bond acceptors (Lipinski definition) is 4. The minimum absolute atomic E-state index is 0.0788. The molecule has 2 unspecified atom stereocenters. The molecule has 1 fully saturated rings. The van der Waals surface area contributed by atoms with Crippen molar-refractivity contribution in [1.82, 2.24) is 4.98 Å². The molecule has 7 heteroatoms. The number of aromatic nitrogens is 1. The summed E-state index contributed by atoms with van der Waals surface area (Å²) in [5.41, 5.74) is -0.981. The third-order valence-corrected chi connectivity index (χ3v) is 2.61. The second kappa shape index (κ2) is 4.15. The van der Waals surface area contributed by atoms with Crippen LogP contribution in [0.1, 0.15) is 5.69 Å². The third-order valence-electron chi connectivity index (χ3n) is 2.61. The van der Waals surface area contributed by atoms with Crippen LogP contribution in [0.3, 0.4) is 0 Å². The van der Waals surface area contributed by atoms with Crippen LogP contribution in [-0.4, -0.2) is 40.5 Å². The average Bonchev–Trinajstić information content (AvgIpc) is 2.58. The summed E-state index contributed by atoms with van der Waals surface area (Å²) < 4.78 is 37.3. The molecule has 0 bridgehead atoms. The molecule has 17 heavy (non-hydrogen) atoms. The van der Waals surface area contributed by atoms with Gasteiger partial charge in [0.15, 0.2) is 0 Å². The van der Waals surface area contributed by atoms with Crippen LogP contribution in [0, 0.1) is 0 Å². The number of halogens is 3. The van der Waals surface area contributed by atoms with Crippen molar-refractivity contribution in [1.29, 1.82) is 0 Å². The number of rotatable bonds is 1. The van der Waals surface area contributed by atoms with E-state index in [0.717, 1.165) is 6.07 Å². The molecule has 1 aromatic rings. The van der Waals surface area contributed by atoms with Crippen LogP contribution in [0.2, 0.25) is 0 Å². The van der Waals surface area contributed by atoms with Crippen LogP contribution in [0.4, 0.5) is 19.0 Å². The Morgan fingerprint density at radius 3 is 2.29 bits per heavy atom. The molecule has 0 radical (unpaired) electrons. The van der Waals surface area contributed by atoms with E-state index < -0.39 is 24.1 Å². The van der Waals surface area contributed by atoms with Crippen molar-refractivity contribution in [3.63, 3.8) is 0 Å². The molecule has 94 valence electrons. The molecular weight excluding hydrogens is 237 g/mol. The van der Waals surface area contributed by atoms with Crippen molar-refractivity contribution in [2.75, 3.05) is 18.0 Å². The van der Waals surface area contributed by atoms with Gasteiger partial charge in [0.2, 0.25) is 0 Å². The van der Waals surface area contributed by atoms with Gasteiger partial charge in [-0.25, -0.2) is 4.98 Å². The average molecular weight is 248 g/mol.